The molecule has 0 saturated heterocycles. The van der Waals surface area contributed by atoms with Crippen molar-refractivity contribution in [2.45, 2.75) is 6.61 Å². The number of thiazole rings is 1. The first-order chi connectivity index (χ1) is 15.4. The average molecular weight is 658 g/mol. The van der Waals surface area contributed by atoms with Crippen molar-refractivity contribution in [2.24, 2.45) is 0 Å². The van der Waals surface area contributed by atoms with Gasteiger partial charge in [-0.05, 0) is 92.1 Å². The molecule has 2 aromatic heterocycles. The van der Waals surface area contributed by atoms with Gasteiger partial charge >= 0.3 is 0 Å². The van der Waals surface area contributed by atoms with E-state index in [1.54, 1.807) is 16.5 Å². The van der Waals surface area contributed by atoms with Gasteiger partial charge in [0.25, 0.3) is 5.56 Å². The normalized spacial score (nSPS) is 12.2. The minimum atomic E-state index is -0.0650. The molecule has 0 amide bonds. The second kappa shape index (κ2) is 8.95. The lowest BCUT2D eigenvalue weighted by atomic mass is 10.2. The van der Waals surface area contributed by atoms with Crippen molar-refractivity contribution in [1.82, 2.24) is 9.38 Å². The van der Waals surface area contributed by atoms with Crippen LogP contribution in [0.2, 0.25) is 10.0 Å². The zero-order chi connectivity index (χ0) is 22.4. The molecule has 3 aromatic carbocycles. The van der Waals surface area contributed by atoms with Crippen molar-refractivity contribution in [3.05, 3.63) is 98.7 Å². The summed E-state index contributed by atoms with van der Waals surface area (Å²) in [5.41, 5.74) is 3.40. The molecule has 0 aliphatic carbocycles. The lowest BCUT2D eigenvalue weighted by Gasteiger charge is -2.12. The minimum absolute atomic E-state index is 0.0650. The molecular weight excluding hydrogens is 646 g/mol. The largest absolute Gasteiger partial charge is 0.487 e. The second-order valence-electron chi connectivity index (χ2n) is 6.99. The molecule has 0 fully saturated rings. The van der Waals surface area contributed by atoms with E-state index in [-0.39, 0.29) is 5.56 Å². The van der Waals surface area contributed by atoms with Crippen molar-refractivity contribution < 1.29 is 4.74 Å². The fourth-order valence-electron chi connectivity index (χ4n) is 3.35. The molecule has 5 rings (SSSR count). The van der Waals surface area contributed by atoms with Gasteiger partial charge in [-0.1, -0.05) is 52.7 Å². The van der Waals surface area contributed by atoms with Gasteiger partial charge in [0.2, 0.25) is 0 Å². The van der Waals surface area contributed by atoms with Crippen LogP contribution in [0.1, 0.15) is 11.1 Å². The Balaban J connectivity index is 1.47. The van der Waals surface area contributed by atoms with Crippen LogP contribution in [0.3, 0.4) is 0 Å². The van der Waals surface area contributed by atoms with Crippen LogP contribution in [-0.4, -0.2) is 9.38 Å². The van der Waals surface area contributed by atoms with Crippen LogP contribution in [0, 0.1) is 3.57 Å². The quantitative estimate of drug-likeness (QED) is 0.202. The lowest BCUT2D eigenvalue weighted by molar-refractivity contribution is 0.302. The van der Waals surface area contributed by atoms with E-state index in [1.165, 1.54) is 11.3 Å². The van der Waals surface area contributed by atoms with E-state index in [2.05, 4.69) is 43.5 Å². The SMILES string of the molecule is O=c1/c(=C/c2cc(Br)c(OCc3ccc(Cl)c(Cl)c3)c(I)c2)sc2nc3ccccc3n12. The molecule has 0 aliphatic rings. The third kappa shape index (κ3) is 4.17. The molecule has 0 aliphatic heterocycles. The number of ether oxygens (including phenoxy) is 1. The first kappa shape index (κ1) is 22.2. The third-order valence-corrected chi connectivity index (χ3v) is 7.93. The number of hydrogen-bond acceptors (Lipinski definition) is 4. The molecule has 5 aromatic rings. The molecule has 9 heteroatoms. The third-order valence-electron chi connectivity index (χ3n) is 4.83. The molecule has 0 saturated carbocycles. The number of nitrogens with zero attached hydrogens (tertiary/aromatic N) is 2. The molecule has 0 spiro atoms. The number of para-hydroxylation sites is 2. The Bertz CT molecular complexity index is 1590. The van der Waals surface area contributed by atoms with Gasteiger partial charge in [0.15, 0.2) is 4.96 Å². The molecule has 2 heterocycles. The first-order valence-corrected chi connectivity index (χ1v) is 12.8. The van der Waals surface area contributed by atoms with Crippen molar-refractivity contribution in [2.75, 3.05) is 0 Å². The Kier molecular flexibility index (Phi) is 6.19. The molecule has 4 nitrogen and oxygen atoms in total. The molecule has 0 N–H and O–H groups in total. The van der Waals surface area contributed by atoms with Gasteiger partial charge < -0.3 is 4.74 Å². The average Bonchev–Trinajstić information content (AvgIpc) is 3.26. The van der Waals surface area contributed by atoms with Gasteiger partial charge in [0, 0.05) is 0 Å². The number of halogens is 4. The predicted octanol–water partition coefficient (Wildman–Crippen LogP) is 6.71. The summed E-state index contributed by atoms with van der Waals surface area (Å²) in [7, 11) is 0. The van der Waals surface area contributed by atoms with E-state index in [0.717, 1.165) is 36.0 Å². The highest BCUT2D eigenvalue weighted by atomic mass is 127. The van der Waals surface area contributed by atoms with Crippen molar-refractivity contribution in [3.8, 4) is 5.75 Å². The van der Waals surface area contributed by atoms with E-state index in [1.807, 2.05) is 48.5 Å². The molecule has 0 unspecified atom stereocenters. The van der Waals surface area contributed by atoms with Crippen LogP contribution >= 0.6 is 73.1 Å². The lowest BCUT2D eigenvalue weighted by Crippen LogP contribution is -2.22. The smallest absolute Gasteiger partial charge is 0.274 e. The van der Waals surface area contributed by atoms with Crippen LogP contribution in [0.25, 0.3) is 22.1 Å². The molecule has 32 heavy (non-hydrogen) atoms. The van der Waals surface area contributed by atoms with Crippen LogP contribution in [0.4, 0.5) is 0 Å². The summed E-state index contributed by atoms with van der Waals surface area (Å²) in [6.07, 6.45) is 1.88. The van der Waals surface area contributed by atoms with Gasteiger partial charge in [-0.15, -0.1) is 0 Å². The molecule has 0 radical (unpaired) electrons. The number of hydrogen-bond donors (Lipinski definition) is 0. The number of imidazole rings is 1. The zero-order valence-electron chi connectivity index (χ0n) is 16.1. The number of aromatic nitrogens is 2. The summed E-state index contributed by atoms with van der Waals surface area (Å²) in [5.74, 6) is 0.725. The zero-order valence-corrected chi connectivity index (χ0v) is 22.2. The summed E-state index contributed by atoms with van der Waals surface area (Å²) < 4.78 is 10.0. The van der Waals surface area contributed by atoms with Gasteiger partial charge in [0.05, 0.1) is 33.7 Å². The number of rotatable bonds is 4. The maximum absolute atomic E-state index is 13.0. The van der Waals surface area contributed by atoms with E-state index < -0.39 is 0 Å². The van der Waals surface area contributed by atoms with E-state index in [4.69, 9.17) is 27.9 Å². The Morgan fingerprint density at radius 3 is 2.72 bits per heavy atom. The first-order valence-electron chi connectivity index (χ1n) is 9.38. The van der Waals surface area contributed by atoms with Crippen LogP contribution < -0.4 is 14.8 Å². The fourth-order valence-corrected chi connectivity index (χ4v) is 6.43. The number of benzene rings is 3. The number of fused-ring (bicyclic) bond motifs is 3. The van der Waals surface area contributed by atoms with Crippen molar-refractivity contribution in [1.29, 1.82) is 0 Å². The predicted molar refractivity (Wildman–Crippen MR) is 143 cm³/mol. The monoisotopic (exact) mass is 656 g/mol. The van der Waals surface area contributed by atoms with Crippen LogP contribution in [0.15, 0.2) is 63.9 Å². The Labute approximate surface area is 218 Å². The molecule has 0 atom stereocenters. The van der Waals surface area contributed by atoms with Crippen LogP contribution in [-0.2, 0) is 6.61 Å². The summed E-state index contributed by atoms with van der Waals surface area (Å²) in [6, 6.07) is 17.0. The molecular formula is C23H12BrCl2IN2O2S. The second-order valence-corrected chi connectivity index (χ2v) is 10.8. The molecule has 0 bridgehead atoms. The summed E-state index contributed by atoms with van der Waals surface area (Å²) in [6.45, 7) is 0.356. The van der Waals surface area contributed by atoms with Crippen molar-refractivity contribution >= 4 is 95.1 Å². The minimum Gasteiger partial charge on any atom is -0.487 e. The Morgan fingerprint density at radius 2 is 1.94 bits per heavy atom. The Morgan fingerprint density at radius 1 is 1.12 bits per heavy atom. The highest BCUT2D eigenvalue weighted by Gasteiger charge is 2.12. The van der Waals surface area contributed by atoms with E-state index in [9.17, 15) is 4.79 Å². The molecule has 160 valence electrons. The summed E-state index contributed by atoms with van der Waals surface area (Å²) in [4.78, 5) is 18.3. The van der Waals surface area contributed by atoms with Gasteiger partial charge in [-0.25, -0.2) is 9.38 Å². The summed E-state index contributed by atoms with van der Waals surface area (Å²) >= 11 is 19.3. The standard InChI is InChI=1S/C23H12BrCl2IN2O2S/c24-14-7-13(9-17(27)21(14)31-11-12-5-6-15(25)16(26)8-12)10-20-22(30)29-19-4-2-1-3-18(19)28-23(29)32-20/h1-10H,11H2/b20-10-. The maximum Gasteiger partial charge on any atom is 0.274 e. The van der Waals surface area contributed by atoms with E-state index >= 15 is 0 Å². The highest BCUT2D eigenvalue weighted by Crippen LogP contribution is 2.33. The fraction of sp³-hybridized carbons (Fsp3) is 0.0435. The maximum atomic E-state index is 13.0. The van der Waals surface area contributed by atoms with Crippen LogP contribution in [0.5, 0.6) is 5.75 Å². The highest BCUT2D eigenvalue weighted by molar-refractivity contribution is 14.1. The summed E-state index contributed by atoms with van der Waals surface area (Å²) in [5, 5.41) is 1.01. The van der Waals surface area contributed by atoms with Gasteiger partial charge in [-0.3, -0.25) is 4.79 Å². The van der Waals surface area contributed by atoms with Crippen molar-refractivity contribution in [3.63, 3.8) is 0 Å². The van der Waals surface area contributed by atoms with E-state index in [0.29, 0.717) is 26.1 Å². The van der Waals surface area contributed by atoms with Gasteiger partial charge in [-0.2, -0.15) is 0 Å². The topological polar surface area (TPSA) is 43.6 Å². The van der Waals surface area contributed by atoms with Gasteiger partial charge in [0.1, 0.15) is 12.4 Å². The Hall–Kier alpha value is -1.65.